The van der Waals surface area contributed by atoms with Gasteiger partial charge in [0.2, 0.25) is 0 Å². The quantitative estimate of drug-likeness (QED) is 0.241. The molecule has 0 atom stereocenters. The van der Waals surface area contributed by atoms with Crippen LogP contribution in [0.4, 0.5) is 5.69 Å². The summed E-state index contributed by atoms with van der Waals surface area (Å²) in [6.07, 6.45) is 0. The van der Waals surface area contributed by atoms with Crippen LogP contribution in [-0.2, 0) is 6.54 Å². The normalized spacial score (nSPS) is 11.6. The Labute approximate surface area is 196 Å². The van der Waals surface area contributed by atoms with Crippen molar-refractivity contribution in [1.29, 1.82) is 0 Å². The summed E-state index contributed by atoms with van der Waals surface area (Å²) in [7, 11) is 1.68. The first-order valence-electron chi connectivity index (χ1n) is 10.8. The zero-order chi connectivity index (χ0) is 23.1. The van der Waals surface area contributed by atoms with Crippen molar-refractivity contribution in [2.75, 3.05) is 13.7 Å². The maximum atomic E-state index is 9.98. The number of hydrogen-bond donors (Lipinski definition) is 1. The molecule has 0 aliphatic carbocycles. The summed E-state index contributed by atoms with van der Waals surface area (Å²) >= 11 is 1.65. The monoisotopic (exact) mass is 448 g/mol. The molecule has 0 spiro atoms. The first-order chi connectivity index (χ1) is 15.3. The molecule has 0 aliphatic rings. The molecule has 168 valence electrons. The lowest BCUT2D eigenvalue weighted by Gasteiger charge is -2.28. The van der Waals surface area contributed by atoms with Crippen LogP contribution < -0.4 is 4.74 Å². The second kappa shape index (κ2) is 11.1. The van der Waals surface area contributed by atoms with Gasteiger partial charge in [-0.05, 0) is 67.3 Å². The van der Waals surface area contributed by atoms with E-state index < -0.39 is 0 Å². The Hall–Kier alpha value is -2.92. The summed E-state index contributed by atoms with van der Waals surface area (Å²) in [5.41, 5.74) is 4.20. The highest BCUT2D eigenvalue weighted by atomic mass is 32.2. The SMILES string of the molecule is COc1ccc(C)cc1N=C(Sc1cccc(C)c1)N(Cc1cccc(O)c1)CC(C)C. The average Bonchev–Trinajstić information content (AvgIpc) is 2.73. The standard InChI is InChI=1S/C27H32N2O2S/c1-19(2)17-29(18-22-9-7-10-23(30)16-22)27(32-24-11-6-8-20(3)14-24)28-25-15-21(4)12-13-26(25)31-5/h6-16,19,30H,17-18H2,1-5H3. The molecule has 0 saturated carbocycles. The van der Waals surface area contributed by atoms with Gasteiger partial charge in [-0.1, -0.05) is 61.5 Å². The molecule has 3 aromatic carbocycles. The minimum absolute atomic E-state index is 0.275. The van der Waals surface area contributed by atoms with E-state index in [1.807, 2.05) is 30.3 Å². The summed E-state index contributed by atoms with van der Waals surface area (Å²) in [5.74, 6) is 1.46. The van der Waals surface area contributed by atoms with E-state index in [9.17, 15) is 5.11 Å². The van der Waals surface area contributed by atoms with Gasteiger partial charge in [-0.2, -0.15) is 0 Å². The Balaban J connectivity index is 2.07. The Morgan fingerprint density at radius 1 is 1.00 bits per heavy atom. The van der Waals surface area contributed by atoms with Crippen LogP contribution in [0, 0.1) is 19.8 Å². The highest BCUT2D eigenvalue weighted by Crippen LogP contribution is 2.33. The van der Waals surface area contributed by atoms with Crippen LogP contribution in [0.1, 0.15) is 30.5 Å². The lowest BCUT2D eigenvalue weighted by Crippen LogP contribution is -2.32. The van der Waals surface area contributed by atoms with Crippen LogP contribution in [0.5, 0.6) is 11.5 Å². The van der Waals surface area contributed by atoms with Gasteiger partial charge in [0.25, 0.3) is 0 Å². The van der Waals surface area contributed by atoms with Crippen molar-refractivity contribution >= 4 is 22.6 Å². The summed E-state index contributed by atoms with van der Waals surface area (Å²) in [5, 5.41) is 10.9. The van der Waals surface area contributed by atoms with Crippen molar-refractivity contribution in [3.63, 3.8) is 0 Å². The third-order valence-electron chi connectivity index (χ3n) is 4.89. The third-order valence-corrected chi connectivity index (χ3v) is 5.91. The third kappa shape index (κ3) is 6.79. The molecule has 0 fully saturated rings. The van der Waals surface area contributed by atoms with Gasteiger partial charge in [0, 0.05) is 18.0 Å². The van der Waals surface area contributed by atoms with E-state index in [0.29, 0.717) is 12.5 Å². The molecule has 32 heavy (non-hydrogen) atoms. The van der Waals surface area contributed by atoms with Crippen LogP contribution >= 0.6 is 11.8 Å². The van der Waals surface area contributed by atoms with Crippen molar-refractivity contribution in [2.24, 2.45) is 10.9 Å². The van der Waals surface area contributed by atoms with Crippen molar-refractivity contribution < 1.29 is 9.84 Å². The molecule has 0 unspecified atom stereocenters. The van der Waals surface area contributed by atoms with Gasteiger partial charge in [0.15, 0.2) is 5.17 Å². The molecule has 5 heteroatoms. The van der Waals surface area contributed by atoms with Gasteiger partial charge in [-0.25, -0.2) is 4.99 Å². The fourth-order valence-corrected chi connectivity index (χ4v) is 4.47. The van der Waals surface area contributed by atoms with Gasteiger partial charge < -0.3 is 14.7 Å². The summed E-state index contributed by atoms with van der Waals surface area (Å²) in [4.78, 5) is 8.53. The van der Waals surface area contributed by atoms with Gasteiger partial charge in [0.05, 0.1) is 7.11 Å². The van der Waals surface area contributed by atoms with Crippen molar-refractivity contribution in [2.45, 2.75) is 39.1 Å². The van der Waals surface area contributed by atoms with Crippen LogP contribution in [0.25, 0.3) is 0 Å². The number of phenolic OH excluding ortho intramolecular Hbond substituents is 1. The fourth-order valence-electron chi connectivity index (χ4n) is 3.46. The number of ether oxygens (including phenoxy) is 1. The van der Waals surface area contributed by atoms with E-state index in [1.54, 1.807) is 24.9 Å². The van der Waals surface area contributed by atoms with Crippen LogP contribution in [0.15, 0.2) is 76.6 Å². The zero-order valence-electron chi connectivity index (χ0n) is 19.5. The number of hydrogen-bond acceptors (Lipinski definition) is 4. The summed E-state index contributed by atoms with van der Waals surface area (Å²) in [6.45, 7) is 10.1. The molecule has 4 nitrogen and oxygen atoms in total. The first kappa shape index (κ1) is 23.7. The van der Waals surface area contributed by atoms with Crippen LogP contribution in [-0.4, -0.2) is 28.8 Å². The minimum Gasteiger partial charge on any atom is -0.508 e. The van der Waals surface area contributed by atoms with E-state index in [1.165, 1.54) is 5.56 Å². The zero-order valence-corrected chi connectivity index (χ0v) is 20.3. The molecule has 1 N–H and O–H groups in total. The molecular weight excluding hydrogens is 416 g/mol. The lowest BCUT2D eigenvalue weighted by atomic mass is 10.1. The molecule has 3 aromatic rings. The number of nitrogens with zero attached hydrogens (tertiary/aromatic N) is 2. The Morgan fingerprint density at radius 2 is 1.75 bits per heavy atom. The van der Waals surface area contributed by atoms with Gasteiger partial charge in [-0.3, -0.25) is 0 Å². The van der Waals surface area contributed by atoms with Gasteiger partial charge in [-0.15, -0.1) is 0 Å². The number of methoxy groups -OCH3 is 1. The number of thioether (sulfide) groups is 1. The number of aromatic hydroxyl groups is 1. The van der Waals surface area contributed by atoms with E-state index in [4.69, 9.17) is 9.73 Å². The number of benzene rings is 3. The van der Waals surface area contributed by atoms with Gasteiger partial charge in [0.1, 0.15) is 17.2 Å². The molecular formula is C27H32N2O2S. The molecule has 0 aliphatic heterocycles. The predicted octanol–water partition coefficient (Wildman–Crippen LogP) is 6.96. The average molecular weight is 449 g/mol. The Morgan fingerprint density at radius 3 is 2.44 bits per heavy atom. The Kier molecular flexibility index (Phi) is 8.23. The van der Waals surface area contributed by atoms with Crippen molar-refractivity contribution in [3.05, 3.63) is 83.4 Å². The fraction of sp³-hybridized carbons (Fsp3) is 0.296. The molecule has 0 radical (unpaired) electrons. The second-order valence-corrected chi connectivity index (χ2v) is 9.47. The van der Waals surface area contributed by atoms with Crippen molar-refractivity contribution in [1.82, 2.24) is 4.90 Å². The molecule has 0 bridgehead atoms. The molecule has 0 heterocycles. The number of aryl methyl sites for hydroxylation is 2. The van der Waals surface area contributed by atoms with Crippen molar-refractivity contribution in [3.8, 4) is 11.5 Å². The van der Waals surface area contributed by atoms with Gasteiger partial charge >= 0.3 is 0 Å². The van der Waals surface area contributed by atoms with E-state index in [-0.39, 0.29) is 5.75 Å². The second-order valence-electron chi connectivity index (χ2n) is 8.43. The lowest BCUT2D eigenvalue weighted by molar-refractivity contribution is 0.364. The minimum atomic E-state index is 0.275. The largest absolute Gasteiger partial charge is 0.508 e. The number of rotatable bonds is 7. The number of amidine groups is 1. The maximum absolute atomic E-state index is 9.98. The van der Waals surface area contributed by atoms with E-state index in [0.717, 1.165) is 39.2 Å². The van der Waals surface area contributed by atoms with E-state index >= 15 is 0 Å². The molecule has 3 rings (SSSR count). The highest BCUT2D eigenvalue weighted by molar-refractivity contribution is 8.13. The maximum Gasteiger partial charge on any atom is 0.169 e. The van der Waals surface area contributed by atoms with E-state index in [2.05, 4.69) is 62.9 Å². The van der Waals surface area contributed by atoms with Crippen LogP contribution in [0.3, 0.4) is 0 Å². The number of phenols is 1. The predicted molar refractivity (Wildman–Crippen MR) is 135 cm³/mol. The first-order valence-corrected chi connectivity index (χ1v) is 11.7. The Bertz CT molecular complexity index is 1080. The molecule has 0 saturated heterocycles. The number of aliphatic imine (C=N–C) groups is 1. The smallest absolute Gasteiger partial charge is 0.169 e. The summed E-state index contributed by atoms with van der Waals surface area (Å²) < 4.78 is 5.60. The van der Waals surface area contributed by atoms with Crippen LogP contribution in [0.2, 0.25) is 0 Å². The topological polar surface area (TPSA) is 45.1 Å². The summed E-state index contributed by atoms with van der Waals surface area (Å²) in [6, 6.07) is 21.9. The molecule has 0 amide bonds. The highest BCUT2D eigenvalue weighted by Gasteiger charge is 2.17. The molecule has 0 aromatic heterocycles.